The molecule has 1 aromatic carbocycles. The van der Waals surface area contributed by atoms with E-state index in [-0.39, 0.29) is 28.8 Å². The van der Waals surface area contributed by atoms with Crippen molar-refractivity contribution in [2.24, 2.45) is 0 Å². The first-order valence-electron chi connectivity index (χ1n) is 6.15. The Labute approximate surface area is 128 Å². The molecule has 10 heteroatoms. The number of sulfonamides is 2. The quantitative estimate of drug-likeness (QED) is 0.845. The normalized spacial score (nSPS) is 19.0. The van der Waals surface area contributed by atoms with Crippen LogP contribution >= 0.6 is 11.6 Å². The second-order valence-corrected chi connectivity index (χ2v) is 8.80. The van der Waals surface area contributed by atoms with Crippen molar-refractivity contribution >= 4 is 31.6 Å². The number of hydrogen-bond acceptors (Lipinski definition) is 4. The van der Waals surface area contributed by atoms with Crippen LogP contribution in [0.5, 0.6) is 0 Å². The average Bonchev–Trinajstić information content (AvgIpc) is 2.72. The Morgan fingerprint density at radius 1 is 1.38 bits per heavy atom. The lowest BCUT2D eigenvalue weighted by atomic mass is 10.3. The third kappa shape index (κ3) is 3.92. The molecular weight excluding hydrogens is 343 g/mol. The number of nitrogens with one attached hydrogen (secondary N) is 1. The van der Waals surface area contributed by atoms with E-state index in [1.54, 1.807) is 0 Å². The highest BCUT2D eigenvalue weighted by atomic mass is 35.5. The van der Waals surface area contributed by atoms with Gasteiger partial charge >= 0.3 is 0 Å². The van der Waals surface area contributed by atoms with E-state index in [0.717, 1.165) is 12.1 Å². The van der Waals surface area contributed by atoms with Gasteiger partial charge in [-0.25, -0.2) is 30.3 Å². The molecule has 0 amide bonds. The molecule has 0 aromatic heterocycles. The monoisotopic (exact) mass is 356 g/mol. The van der Waals surface area contributed by atoms with Crippen LogP contribution in [0.4, 0.5) is 4.39 Å². The third-order valence-electron chi connectivity index (χ3n) is 3.06. The maximum absolute atomic E-state index is 13.3. The third-order valence-corrected chi connectivity index (χ3v) is 6.78. The summed E-state index contributed by atoms with van der Waals surface area (Å²) in [5.41, 5.74) is 0. The van der Waals surface area contributed by atoms with Crippen molar-refractivity contribution in [3.8, 4) is 0 Å². The van der Waals surface area contributed by atoms with Gasteiger partial charge in [0.15, 0.2) is 0 Å². The van der Waals surface area contributed by atoms with E-state index in [4.69, 9.17) is 11.6 Å². The molecule has 0 radical (unpaired) electrons. The van der Waals surface area contributed by atoms with Crippen LogP contribution in [0.1, 0.15) is 6.42 Å². The van der Waals surface area contributed by atoms with E-state index in [2.05, 4.69) is 4.72 Å². The van der Waals surface area contributed by atoms with E-state index < -0.39 is 25.9 Å². The Balaban J connectivity index is 2.00. The Kier molecular flexibility index (Phi) is 4.89. The molecule has 1 aliphatic heterocycles. The molecule has 1 N–H and O–H groups in total. The van der Waals surface area contributed by atoms with Gasteiger partial charge in [-0.05, 0) is 24.6 Å². The number of benzene rings is 1. The number of rotatable bonds is 5. The van der Waals surface area contributed by atoms with Gasteiger partial charge in [-0.3, -0.25) is 0 Å². The molecule has 0 saturated carbocycles. The predicted octanol–water partition coefficient (Wildman–Crippen LogP) is 0.793. The maximum Gasteiger partial charge on any atom is 0.240 e. The summed E-state index contributed by atoms with van der Waals surface area (Å²) in [6, 6.07) is 3.15. The van der Waals surface area contributed by atoms with E-state index in [1.165, 1.54) is 10.4 Å². The van der Waals surface area contributed by atoms with Crippen molar-refractivity contribution in [2.75, 3.05) is 25.4 Å². The van der Waals surface area contributed by atoms with Gasteiger partial charge in [0.2, 0.25) is 20.0 Å². The Hall–Kier alpha value is -0.740. The van der Waals surface area contributed by atoms with E-state index in [1.807, 2.05) is 0 Å². The second-order valence-electron chi connectivity index (χ2n) is 4.54. The molecule has 1 fully saturated rings. The SMILES string of the molecule is O=S(=O)(NCCN1CCCS1(=O)=O)c1ccc(Cl)c(F)c1. The van der Waals surface area contributed by atoms with Crippen LogP contribution in [0.2, 0.25) is 5.02 Å². The fraction of sp³-hybridized carbons (Fsp3) is 0.455. The number of hydrogen-bond donors (Lipinski definition) is 1. The predicted molar refractivity (Wildman–Crippen MR) is 76.6 cm³/mol. The summed E-state index contributed by atoms with van der Waals surface area (Å²) in [4.78, 5) is -0.256. The van der Waals surface area contributed by atoms with Gasteiger partial charge in [-0.2, -0.15) is 0 Å². The Bertz CT molecular complexity index is 737. The van der Waals surface area contributed by atoms with Crippen LogP contribution < -0.4 is 4.72 Å². The van der Waals surface area contributed by atoms with Gasteiger partial charge in [0.1, 0.15) is 5.82 Å². The van der Waals surface area contributed by atoms with E-state index in [0.29, 0.717) is 13.0 Å². The van der Waals surface area contributed by atoms with Crippen LogP contribution in [0.15, 0.2) is 23.1 Å². The highest BCUT2D eigenvalue weighted by molar-refractivity contribution is 7.89. The fourth-order valence-corrected chi connectivity index (χ4v) is 4.65. The van der Waals surface area contributed by atoms with Gasteiger partial charge in [0, 0.05) is 19.6 Å². The molecular formula is C11H14ClFN2O4S2. The van der Waals surface area contributed by atoms with Gasteiger partial charge in [-0.15, -0.1) is 0 Å². The summed E-state index contributed by atoms with van der Waals surface area (Å²) in [5.74, 6) is -0.746. The smallest absolute Gasteiger partial charge is 0.212 e. The zero-order valence-corrected chi connectivity index (χ0v) is 13.3. The first kappa shape index (κ1) is 16.6. The lowest BCUT2D eigenvalue weighted by Gasteiger charge is -2.14. The molecule has 0 bridgehead atoms. The molecule has 1 aliphatic rings. The van der Waals surface area contributed by atoms with Crippen LogP contribution in [0.3, 0.4) is 0 Å². The van der Waals surface area contributed by atoms with Crippen molar-refractivity contribution in [1.29, 1.82) is 0 Å². The van der Waals surface area contributed by atoms with Gasteiger partial charge in [0.25, 0.3) is 0 Å². The maximum atomic E-state index is 13.3. The second kappa shape index (κ2) is 6.17. The topological polar surface area (TPSA) is 83.6 Å². The lowest BCUT2D eigenvalue weighted by molar-refractivity contribution is 0.444. The van der Waals surface area contributed by atoms with Crippen LogP contribution in [0, 0.1) is 5.82 Å². The molecule has 2 rings (SSSR count). The summed E-state index contributed by atoms with van der Waals surface area (Å²) in [6.07, 6.45) is 0.539. The van der Waals surface area contributed by atoms with Crippen molar-refractivity contribution in [2.45, 2.75) is 11.3 Å². The molecule has 1 aromatic rings. The largest absolute Gasteiger partial charge is 0.240 e. The first-order chi connectivity index (χ1) is 9.72. The standard InChI is InChI=1S/C11H14ClFN2O4S2/c12-10-3-2-9(8-11(10)13)21(18,19)14-4-6-15-5-1-7-20(15,16)17/h2-3,8,14H,1,4-7H2. The molecule has 118 valence electrons. The van der Waals surface area contributed by atoms with E-state index in [9.17, 15) is 21.2 Å². The molecule has 0 unspecified atom stereocenters. The van der Waals surface area contributed by atoms with Crippen LogP contribution in [-0.2, 0) is 20.0 Å². The zero-order valence-electron chi connectivity index (χ0n) is 10.9. The summed E-state index contributed by atoms with van der Waals surface area (Å²) >= 11 is 5.49. The minimum atomic E-state index is -3.90. The summed E-state index contributed by atoms with van der Waals surface area (Å²) in [7, 11) is -7.16. The molecule has 0 spiro atoms. The number of halogens is 2. The molecule has 6 nitrogen and oxygen atoms in total. The first-order valence-corrected chi connectivity index (χ1v) is 9.62. The molecule has 1 heterocycles. The number of nitrogens with zero attached hydrogens (tertiary/aromatic N) is 1. The molecule has 1 saturated heterocycles. The molecule has 0 atom stereocenters. The fourth-order valence-electron chi connectivity index (χ4n) is 1.97. The molecule has 0 aliphatic carbocycles. The van der Waals surface area contributed by atoms with Gasteiger partial charge < -0.3 is 0 Å². The Morgan fingerprint density at radius 3 is 2.67 bits per heavy atom. The molecule has 21 heavy (non-hydrogen) atoms. The van der Waals surface area contributed by atoms with Gasteiger partial charge in [-0.1, -0.05) is 11.6 Å². The lowest BCUT2D eigenvalue weighted by Crippen LogP contribution is -2.35. The van der Waals surface area contributed by atoms with Crippen molar-refractivity contribution in [3.05, 3.63) is 29.0 Å². The minimum absolute atomic E-state index is 0.0532. The summed E-state index contributed by atoms with van der Waals surface area (Å²) in [5, 5.41) is -0.169. The average molecular weight is 357 g/mol. The Morgan fingerprint density at radius 2 is 2.10 bits per heavy atom. The van der Waals surface area contributed by atoms with E-state index >= 15 is 0 Å². The summed E-state index contributed by atoms with van der Waals surface area (Å²) in [6.45, 7) is 0.364. The van der Waals surface area contributed by atoms with Crippen LogP contribution in [0.25, 0.3) is 0 Å². The van der Waals surface area contributed by atoms with Crippen molar-refractivity contribution < 1.29 is 21.2 Å². The van der Waals surface area contributed by atoms with Crippen molar-refractivity contribution in [1.82, 2.24) is 9.03 Å². The zero-order chi connectivity index (χ0) is 15.7. The van der Waals surface area contributed by atoms with Crippen molar-refractivity contribution in [3.63, 3.8) is 0 Å². The highest BCUT2D eigenvalue weighted by Crippen LogP contribution is 2.18. The van der Waals surface area contributed by atoms with Gasteiger partial charge in [0.05, 0.1) is 15.7 Å². The highest BCUT2D eigenvalue weighted by Gasteiger charge is 2.28. The minimum Gasteiger partial charge on any atom is -0.212 e. The summed E-state index contributed by atoms with van der Waals surface area (Å²) < 4.78 is 63.7. The van der Waals surface area contributed by atoms with Crippen LogP contribution in [-0.4, -0.2) is 46.5 Å².